The van der Waals surface area contributed by atoms with Crippen molar-refractivity contribution < 1.29 is 28.5 Å². The minimum atomic E-state index is -0.418. The summed E-state index contributed by atoms with van der Waals surface area (Å²) in [5, 5.41) is 0. The summed E-state index contributed by atoms with van der Waals surface area (Å²) in [4.78, 5) is 22.1. The van der Waals surface area contributed by atoms with Gasteiger partial charge in [-0.3, -0.25) is 0 Å². The smallest absolute Gasteiger partial charge is 0.343 e. The van der Waals surface area contributed by atoms with Gasteiger partial charge in [-0.25, -0.2) is 9.59 Å². The lowest BCUT2D eigenvalue weighted by atomic mass is 10.0. The summed E-state index contributed by atoms with van der Waals surface area (Å²) < 4.78 is 19.7. The van der Waals surface area contributed by atoms with Gasteiger partial charge in [-0.1, -0.05) is 24.3 Å². The Morgan fingerprint density at radius 3 is 1.36 bits per heavy atom. The zero-order valence-electron chi connectivity index (χ0n) is 14.2. The van der Waals surface area contributed by atoms with E-state index in [1.165, 1.54) is 14.2 Å². The van der Waals surface area contributed by atoms with Crippen molar-refractivity contribution in [3.05, 3.63) is 59.7 Å². The standard InChI is InChI=1S/C19H20O6/c1-22-18(20)12-24-16-7-3-14(4-8-16)11-15-5-9-17(10-6-15)25-13-19(21)23-2/h3-10H,11-13H2,1-2H3. The second-order valence-electron chi connectivity index (χ2n) is 5.19. The molecule has 132 valence electrons. The van der Waals surface area contributed by atoms with Crippen molar-refractivity contribution in [3.63, 3.8) is 0 Å². The number of benzene rings is 2. The minimum Gasteiger partial charge on any atom is -0.482 e. The molecule has 0 aliphatic heterocycles. The van der Waals surface area contributed by atoms with E-state index in [9.17, 15) is 9.59 Å². The lowest BCUT2D eigenvalue weighted by Crippen LogP contribution is -2.12. The van der Waals surface area contributed by atoms with Gasteiger partial charge < -0.3 is 18.9 Å². The minimum absolute atomic E-state index is 0.108. The summed E-state index contributed by atoms with van der Waals surface area (Å²) in [6, 6.07) is 15.0. The van der Waals surface area contributed by atoms with Crippen molar-refractivity contribution in [1.29, 1.82) is 0 Å². The van der Waals surface area contributed by atoms with Crippen LogP contribution < -0.4 is 9.47 Å². The number of esters is 2. The van der Waals surface area contributed by atoms with Crippen LogP contribution in [0.3, 0.4) is 0 Å². The molecule has 0 amide bonds. The van der Waals surface area contributed by atoms with Crippen molar-refractivity contribution >= 4 is 11.9 Å². The molecule has 0 saturated carbocycles. The zero-order valence-corrected chi connectivity index (χ0v) is 14.2. The first-order chi connectivity index (χ1) is 12.1. The van der Waals surface area contributed by atoms with Gasteiger partial charge in [0.1, 0.15) is 11.5 Å². The first-order valence-corrected chi connectivity index (χ1v) is 7.68. The fraction of sp³-hybridized carbons (Fsp3) is 0.263. The Balaban J connectivity index is 1.87. The molecule has 2 aromatic carbocycles. The van der Waals surface area contributed by atoms with E-state index in [0.717, 1.165) is 17.5 Å². The third-order valence-corrected chi connectivity index (χ3v) is 3.42. The first kappa shape index (κ1) is 18.3. The third kappa shape index (κ3) is 6.18. The Kier molecular flexibility index (Phi) is 6.83. The van der Waals surface area contributed by atoms with Gasteiger partial charge in [0.15, 0.2) is 13.2 Å². The van der Waals surface area contributed by atoms with E-state index >= 15 is 0 Å². The van der Waals surface area contributed by atoms with Crippen LogP contribution in [0, 0.1) is 0 Å². The molecule has 0 aliphatic rings. The Labute approximate surface area is 146 Å². The van der Waals surface area contributed by atoms with E-state index in [2.05, 4.69) is 9.47 Å². The summed E-state index contributed by atoms with van der Waals surface area (Å²) in [6.45, 7) is -0.217. The van der Waals surface area contributed by atoms with Crippen LogP contribution in [-0.2, 0) is 25.5 Å². The highest BCUT2D eigenvalue weighted by Gasteiger charge is 2.04. The van der Waals surface area contributed by atoms with E-state index in [0.29, 0.717) is 11.5 Å². The van der Waals surface area contributed by atoms with Gasteiger partial charge in [-0.15, -0.1) is 0 Å². The topological polar surface area (TPSA) is 71.1 Å². The number of carbonyl (C=O) groups excluding carboxylic acids is 2. The summed E-state index contributed by atoms with van der Waals surface area (Å²) in [5.41, 5.74) is 2.21. The molecule has 2 rings (SSSR count). The molecule has 0 saturated heterocycles. The van der Waals surface area contributed by atoms with Gasteiger partial charge in [0, 0.05) is 0 Å². The predicted octanol–water partition coefficient (Wildman–Crippen LogP) is 2.38. The van der Waals surface area contributed by atoms with Crippen LogP contribution in [-0.4, -0.2) is 39.4 Å². The average molecular weight is 344 g/mol. The molecule has 2 aromatic rings. The van der Waals surface area contributed by atoms with E-state index in [4.69, 9.17) is 9.47 Å². The maximum absolute atomic E-state index is 11.0. The molecular weight excluding hydrogens is 324 g/mol. The molecule has 0 heterocycles. The number of carbonyl (C=O) groups is 2. The van der Waals surface area contributed by atoms with Gasteiger partial charge in [0.25, 0.3) is 0 Å². The number of hydrogen-bond donors (Lipinski definition) is 0. The average Bonchev–Trinajstić information content (AvgIpc) is 2.66. The Bertz CT molecular complexity index is 629. The number of methoxy groups -OCH3 is 2. The van der Waals surface area contributed by atoms with Crippen LogP contribution in [0.4, 0.5) is 0 Å². The van der Waals surface area contributed by atoms with E-state index in [-0.39, 0.29) is 13.2 Å². The Morgan fingerprint density at radius 1 is 0.680 bits per heavy atom. The molecule has 0 aliphatic carbocycles. The zero-order chi connectivity index (χ0) is 18.1. The van der Waals surface area contributed by atoms with Gasteiger partial charge >= 0.3 is 11.9 Å². The quantitative estimate of drug-likeness (QED) is 0.685. The molecule has 0 radical (unpaired) electrons. The SMILES string of the molecule is COC(=O)COc1ccc(Cc2ccc(OCC(=O)OC)cc2)cc1. The summed E-state index contributed by atoms with van der Waals surface area (Å²) in [7, 11) is 2.64. The highest BCUT2D eigenvalue weighted by molar-refractivity contribution is 5.71. The van der Waals surface area contributed by atoms with E-state index in [1.807, 2.05) is 48.5 Å². The number of ether oxygens (including phenoxy) is 4. The van der Waals surface area contributed by atoms with Crippen LogP contribution in [0.5, 0.6) is 11.5 Å². The molecule has 0 N–H and O–H groups in total. The van der Waals surface area contributed by atoms with Crippen molar-refractivity contribution in [2.45, 2.75) is 6.42 Å². The molecule has 25 heavy (non-hydrogen) atoms. The van der Waals surface area contributed by atoms with Crippen molar-refractivity contribution in [1.82, 2.24) is 0 Å². The molecule has 0 fully saturated rings. The van der Waals surface area contributed by atoms with Crippen LogP contribution in [0.2, 0.25) is 0 Å². The molecule has 0 bridgehead atoms. The third-order valence-electron chi connectivity index (χ3n) is 3.42. The second kappa shape index (κ2) is 9.32. The molecule has 6 heteroatoms. The highest BCUT2D eigenvalue weighted by atomic mass is 16.6. The summed E-state index contributed by atoms with van der Waals surface area (Å²) in [6.07, 6.45) is 0.745. The molecular formula is C19H20O6. The van der Waals surface area contributed by atoms with Crippen molar-refractivity contribution in [2.75, 3.05) is 27.4 Å². The number of rotatable bonds is 8. The lowest BCUT2D eigenvalue weighted by molar-refractivity contribution is -0.143. The van der Waals surface area contributed by atoms with Gasteiger partial charge in [-0.05, 0) is 41.8 Å². The highest BCUT2D eigenvalue weighted by Crippen LogP contribution is 2.18. The maximum atomic E-state index is 11.0. The number of hydrogen-bond acceptors (Lipinski definition) is 6. The largest absolute Gasteiger partial charge is 0.482 e. The predicted molar refractivity (Wildman–Crippen MR) is 90.7 cm³/mol. The summed E-state index contributed by atoms with van der Waals surface area (Å²) >= 11 is 0. The second-order valence-corrected chi connectivity index (χ2v) is 5.19. The molecule has 6 nitrogen and oxygen atoms in total. The van der Waals surface area contributed by atoms with Gasteiger partial charge in [-0.2, -0.15) is 0 Å². The maximum Gasteiger partial charge on any atom is 0.343 e. The fourth-order valence-electron chi connectivity index (χ4n) is 2.05. The van der Waals surface area contributed by atoms with E-state index < -0.39 is 11.9 Å². The molecule has 0 atom stereocenters. The normalized spacial score (nSPS) is 10.0. The van der Waals surface area contributed by atoms with Crippen LogP contribution in [0.15, 0.2) is 48.5 Å². The Morgan fingerprint density at radius 2 is 1.04 bits per heavy atom. The summed E-state index contributed by atoms with van der Waals surface area (Å²) in [5.74, 6) is 0.388. The monoisotopic (exact) mass is 344 g/mol. The van der Waals surface area contributed by atoms with Gasteiger partial charge in [0.2, 0.25) is 0 Å². The molecule has 0 aromatic heterocycles. The van der Waals surface area contributed by atoms with Crippen molar-refractivity contribution in [3.8, 4) is 11.5 Å². The molecule has 0 spiro atoms. The van der Waals surface area contributed by atoms with Crippen LogP contribution in [0.25, 0.3) is 0 Å². The van der Waals surface area contributed by atoms with Crippen LogP contribution in [0.1, 0.15) is 11.1 Å². The lowest BCUT2D eigenvalue weighted by Gasteiger charge is -2.08. The van der Waals surface area contributed by atoms with E-state index in [1.54, 1.807) is 0 Å². The van der Waals surface area contributed by atoms with Gasteiger partial charge in [0.05, 0.1) is 14.2 Å². The fourth-order valence-corrected chi connectivity index (χ4v) is 2.05. The first-order valence-electron chi connectivity index (χ1n) is 7.68. The Hall–Kier alpha value is -3.02. The van der Waals surface area contributed by atoms with Crippen molar-refractivity contribution in [2.24, 2.45) is 0 Å². The molecule has 0 unspecified atom stereocenters. The van der Waals surface area contributed by atoms with Crippen LogP contribution >= 0.6 is 0 Å².